The highest BCUT2D eigenvalue weighted by atomic mass is 32.2. The molecule has 1 aromatic carbocycles. The zero-order valence-corrected chi connectivity index (χ0v) is 10.1. The van der Waals surface area contributed by atoms with Crippen LogP contribution in [0.5, 0.6) is 5.75 Å². The maximum Gasteiger partial charge on any atom is 0.240 e. The van der Waals surface area contributed by atoms with Crippen molar-refractivity contribution in [3.63, 3.8) is 0 Å². The Kier molecular flexibility index (Phi) is 4.47. The number of carbonyl (C=O) groups excluding carboxylic acids is 1. The van der Waals surface area contributed by atoms with E-state index in [2.05, 4.69) is 10.0 Å². The van der Waals surface area contributed by atoms with Crippen molar-refractivity contribution in [3.8, 4) is 5.75 Å². The minimum atomic E-state index is -3.59. The number of amides is 1. The number of phenols is 1. The van der Waals surface area contributed by atoms with Crippen LogP contribution in [-0.2, 0) is 14.8 Å². The van der Waals surface area contributed by atoms with Gasteiger partial charge in [-0.25, -0.2) is 13.1 Å². The van der Waals surface area contributed by atoms with Crippen LogP contribution in [0.15, 0.2) is 29.2 Å². The van der Waals surface area contributed by atoms with Gasteiger partial charge in [0.25, 0.3) is 0 Å². The molecule has 0 aliphatic rings. The van der Waals surface area contributed by atoms with Crippen LogP contribution in [0, 0.1) is 0 Å². The SMILES string of the molecule is CC(=O)NCCNS(=O)(=O)c1ccc(O)cc1. The summed E-state index contributed by atoms with van der Waals surface area (Å²) in [6.07, 6.45) is 0. The van der Waals surface area contributed by atoms with Crippen LogP contribution >= 0.6 is 0 Å². The summed E-state index contributed by atoms with van der Waals surface area (Å²) in [5.74, 6) is -0.212. The van der Waals surface area contributed by atoms with Crippen molar-refractivity contribution in [2.75, 3.05) is 13.1 Å². The number of aromatic hydroxyl groups is 1. The minimum Gasteiger partial charge on any atom is -0.508 e. The van der Waals surface area contributed by atoms with Gasteiger partial charge in [-0.3, -0.25) is 4.79 Å². The molecule has 0 heterocycles. The van der Waals surface area contributed by atoms with E-state index >= 15 is 0 Å². The second-order valence-electron chi connectivity index (χ2n) is 3.37. The van der Waals surface area contributed by atoms with Crippen molar-refractivity contribution >= 4 is 15.9 Å². The Morgan fingerprint density at radius 1 is 1.24 bits per heavy atom. The van der Waals surface area contributed by atoms with Crippen molar-refractivity contribution in [2.45, 2.75) is 11.8 Å². The molecule has 6 nitrogen and oxygen atoms in total. The summed E-state index contributed by atoms with van der Waals surface area (Å²) in [5, 5.41) is 11.5. The molecule has 0 saturated heterocycles. The molecule has 0 aliphatic carbocycles. The molecule has 7 heteroatoms. The first-order chi connectivity index (χ1) is 7.92. The minimum absolute atomic E-state index is 0.00203. The lowest BCUT2D eigenvalue weighted by Crippen LogP contribution is -2.33. The van der Waals surface area contributed by atoms with Gasteiger partial charge in [0, 0.05) is 20.0 Å². The first-order valence-corrected chi connectivity index (χ1v) is 6.43. The number of carbonyl (C=O) groups is 1. The molecule has 0 bridgehead atoms. The fraction of sp³-hybridized carbons (Fsp3) is 0.300. The first-order valence-electron chi connectivity index (χ1n) is 4.95. The summed E-state index contributed by atoms with van der Waals surface area (Å²) in [6.45, 7) is 1.70. The molecule has 0 aromatic heterocycles. The summed E-state index contributed by atoms with van der Waals surface area (Å²) >= 11 is 0. The molecular weight excluding hydrogens is 244 g/mol. The molecule has 1 amide bonds. The molecule has 0 saturated carbocycles. The van der Waals surface area contributed by atoms with E-state index < -0.39 is 10.0 Å². The van der Waals surface area contributed by atoms with Crippen molar-refractivity contribution in [3.05, 3.63) is 24.3 Å². The van der Waals surface area contributed by atoms with E-state index in [1.165, 1.54) is 31.2 Å². The predicted molar refractivity (Wildman–Crippen MR) is 62.0 cm³/mol. The molecule has 1 rings (SSSR count). The highest BCUT2D eigenvalue weighted by Gasteiger charge is 2.12. The summed E-state index contributed by atoms with van der Waals surface area (Å²) < 4.78 is 25.7. The zero-order chi connectivity index (χ0) is 12.9. The third kappa shape index (κ3) is 4.41. The van der Waals surface area contributed by atoms with Gasteiger partial charge in [-0.05, 0) is 24.3 Å². The highest BCUT2D eigenvalue weighted by Crippen LogP contribution is 2.13. The van der Waals surface area contributed by atoms with E-state index in [4.69, 9.17) is 5.11 Å². The highest BCUT2D eigenvalue weighted by molar-refractivity contribution is 7.89. The molecule has 0 spiro atoms. The van der Waals surface area contributed by atoms with E-state index in [1.807, 2.05) is 0 Å². The van der Waals surface area contributed by atoms with Gasteiger partial charge in [-0.15, -0.1) is 0 Å². The van der Waals surface area contributed by atoms with E-state index in [9.17, 15) is 13.2 Å². The Hall–Kier alpha value is -1.60. The molecule has 0 atom stereocenters. The van der Waals surface area contributed by atoms with Gasteiger partial charge in [0.05, 0.1) is 4.90 Å². The number of sulfonamides is 1. The Balaban J connectivity index is 2.57. The predicted octanol–water partition coefficient (Wildman–Crippen LogP) is -0.193. The maximum atomic E-state index is 11.7. The van der Waals surface area contributed by atoms with Crippen molar-refractivity contribution in [1.29, 1.82) is 0 Å². The average Bonchev–Trinajstić information content (AvgIpc) is 2.25. The van der Waals surface area contributed by atoms with E-state index in [1.54, 1.807) is 0 Å². The standard InChI is InChI=1S/C10H14N2O4S/c1-8(13)11-6-7-12-17(15,16)10-4-2-9(14)3-5-10/h2-5,12,14H,6-7H2,1H3,(H,11,13). The normalized spacial score (nSPS) is 11.1. The first kappa shape index (κ1) is 13.5. The number of phenolic OH excluding ortho intramolecular Hbond substituents is 1. The monoisotopic (exact) mass is 258 g/mol. The maximum absolute atomic E-state index is 11.7. The lowest BCUT2D eigenvalue weighted by molar-refractivity contribution is -0.118. The molecule has 0 unspecified atom stereocenters. The van der Waals surface area contributed by atoms with Gasteiger partial charge in [0.1, 0.15) is 5.75 Å². The number of benzene rings is 1. The lowest BCUT2D eigenvalue weighted by atomic mass is 10.3. The smallest absolute Gasteiger partial charge is 0.240 e. The third-order valence-electron chi connectivity index (χ3n) is 1.94. The molecule has 17 heavy (non-hydrogen) atoms. The van der Waals surface area contributed by atoms with Crippen LogP contribution in [0.2, 0.25) is 0 Å². The average molecular weight is 258 g/mol. The topological polar surface area (TPSA) is 95.5 Å². The largest absolute Gasteiger partial charge is 0.508 e. The second kappa shape index (κ2) is 5.65. The summed E-state index contributed by atoms with van der Waals surface area (Å²) in [6, 6.07) is 5.19. The molecule has 1 aromatic rings. The Morgan fingerprint density at radius 2 is 1.82 bits per heavy atom. The summed E-state index contributed by atoms with van der Waals surface area (Å²) in [7, 11) is -3.59. The van der Waals surface area contributed by atoms with Gasteiger partial charge < -0.3 is 10.4 Å². The molecular formula is C10H14N2O4S. The quantitative estimate of drug-likeness (QED) is 0.638. The van der Waals surface area contributed by atoms with E-state index in [-0.39, 0.29) is 29.6 Å². The Bertz CT molecular complexity index is 482. The third-order valence-corrected chi connectivity index (χ3v) is 3.41. The van der Waals surface area contributed by atoms with Crippen LogP contribution < -0.4 is 10.0 Å². The van der Waals surface area contributed by atoms with Crippen molar-refractivity contribution in [2.24, 2.45) is 0 Å². The van der Waals surface area contributed by atoms with Crippen LogP contribution in [0.1, 0.15) is 6.92 Å². The molecule has 0 radical (unpaired) electrons. The Labute approximate surface area is 99.7 Å². The second-order valence-corrected chi connectivity index (χ2v) is 5.14. The molecule has 3 N–H and O–H groups in total. The Morgan fingerprint density at radius 3 is 2.35 bits per heavy atom. The van der Waals surface area contributed by atoms with E-state index in [0.717, 1.165) is 0 Å². The van der Waals surface area contributed by atoms with Crippen molar-refractivity contribution < 1.29 is 18.3 Å². The molecule has 94 valence electrons. The number of hydrogen-bond acceptors (Lipinski definition) is 4. The number of hydrogen-bond donors (Lipinski definition) is 3. The fourth-order valence-corrected chi connectivity index (χ4v) is 2.16. The van der Waals surface area contributed by atoms with Crippen LogP contribution in [-0.4, -0.2) is 32.5 Å². The molecule has 0 fully saturated rings. The van der Waals surface area contributed by atoms with Gasteiger partial charge in [-0.1, -0.05) is 0 Å². The van der Waals surface area contributed by atoms with Crippen LogP contribution in [0.3, 0.4) is 0 Å². The molecule has 0 aliphatic heterocycles. The number of nitrogens with one attached hydrogen (secondary N) is 2. The lowest BCUT2D eigenvalue weighted by Gasteiger charge is -2.07. The van der Waals surface area contributed by atoms with Crippen molar-refractivity contribution in [1.82, 2.24) is 10.0 Å². The van der Waals surface area contributed by atoms with E-state index in [0.29, 0.717) is 0 Å². The summed E-state index contributed by atoms with van der Waals surface area (Å²) in [5.41, 5.74) is 0. The van der Waals surface area contributed by atoms with Gasteiger partial charge in [0.15, 0.2) is 0 Å². The summed E-state index contributed by atoms with van der Waals surface area (Å²) in [4.78, 5) is 10.6. The van der Waals surface area contributed by atoms with Gasteiger partial charge in [0.2, 0.25) is 15.9 Å². The number of rotatable bonds is 5. The van der Waals surface area contributed by atoms with Gasteiger partial charge in [-0.2, -0.15) is 0 Å². The van der Waals surface area contributed by atoms with Crippen LogP contribution in [0.25, 0.3) is 0 Å². The van der Waals surface area contributed by atoms with Crippen LogP contribution in [0.4, 0.5) is 0 Å². The zero-order valence-electron chi connectivity index (χ0n) is 9.30. The fourth-order valence-electron chi connectivity index (χ4n) is 1.13. The van der Waals surface area contributed by atoms with Gasteiger partial charge >= 0.3 is 0 Å².